The zero-order valence-corrected chi connectivity index (χ0v) is 10.3. The van der Waals surface area contributed by atoms with E-state index in [9.17, 15) is 4.79 Å². The first-order chi connectivity index (χ1) is 8.15. The zero-order chi connectivity index (χ0) is 12.3. The molecule has 1 aromatic heterocycles. The first-order valence-electron chi connectivity index (χ1n) is 5.28. The van der Waals surface area contributed by atoms with Gasteiger partial charge in [0.05, 0.1) is 5.56 Å². The molecule has 0 saturated carbocycles. The predicted octanol–water partition coefficient (Wildman–Crippen LogP) is 3.37. The molecule has 0 fully saturated rings. The molecule has 0 aliphatic rings. The molecule has 3 nitrogen and oxygen atoms in total. The minimum Gasteiger partial charge on any atom is -0.478 e. The summed E-state index contributed by atoms with van der Waals surface area (Å²) < 4.78 is 0. The molecule has 0 saturated heterocycles. The van der Waals surface area contributed by atoms with E-state index in [-0.39, 0.29) is 0 Å². The zero-order valence-electron chi connectivity index (χ0n) is 9.43. The Morgan fingerprint density at radius 3 is 2.82 bits per heavy atom. The molecule has 2 N–H and O–H groups in total. The third-order valence-electron chi connectivity index (χ3n) is 2.37. The van der Waals surface area contributed by atoms with E-state index in [2.05, 4.69) is 24.4 Å². The lowest BCUT2D eigenvalue weighted by Gasteiger charge is -2.05. The number of nitrogens with one attached hydrogen (secondary N) is 1. The van der Waals surface area contributed by atoms with Crippen LogP contribution < -0.4 is 5.32 Å². The fraction of sp³-hybridized carbons (Fsp3) is 0.154. The summed E-state index contributed by atoms with van der Waals surface area (Å²) in [7, 11) is 0. The number of aromatic carboxylic acids is 1. The van der Waals surface area contributed by atoms with Gasteiger partial charge in [-0.2, -0.15) is 0 Å². The van der Waals surface area contributed by atoms with E-state index >= 15 is 0 Å². The summed E-state index contributed by atoms with van der Waals surface area (Å²) in [5.41, 5.74) is 1.13. The Balaban J connectivity index is 2.04. The smallest absolute Gasteiger partial charge is 0.335 e. The van der Waals surface area contributed by atoms with Gasteiger partial charge >= 0.3 is 5.97 Å². The van der Waals surface area contributed by atoms with Crippen molar-refractivity contribution in [2.45, 2.75) is 13.5 Å². The van der Waals surface area contributed by atoms with E-state index in [0.29, 0.717) is 5.56 Å². The van der Waals surface area contributed by atoms with E-state index in [0.717, 1.165) is 12.2 Å². The lowest BCUT2D eigenvalue weighted by molar-refractivity contribution is 0.0697. The van der Waals surface area contributed by atoms with Gasteiger partial charge in [0.2, 0.25) is 0 Å². The molecule has 88 valence electrons. The summed E-state index contributed by atoms with van der Waals surface area (Å²) in [4.78, 5) is 13.3. The van der Waals surface area contributed by atoms with Gasteiger partial charge in [-0.25, -0.2) is 4.79 Å². The molecule has 0 spiro atoms. The lowest BCUT2D eigenvalue weighted by atomic mass is 10.2. The van der Waals surface area contributed by atoms with E-state index in [1.54, 1.807) is 29.5 Å². The molecular weight excluding hydrogens is 234 g/mol. The van der Waals surface area contributed by atoms with Crippen molar-refractivity contribution in [1.82, 2.24) is 0 Å². The van der Waals surface area contributed by atoms with Crippen molar-refractivity contribution in [1.29, 1.82) is 0 Å². The summed E-state index contributed by atoms with van der Waals surface area (Å²) >= 11 is 1.74. The summed E-state index contributed by atoms with van der Waals surface area (Å²) in [6.45, 7) is 2.79. The highest BCUT2D eigenvalue weighted by molar-refractivity contribution is 7.11. The van der Waals surface area contributed by atoms with Crippen LogP contribution in [0.2, 0.25) is 0 Å². The lowest BCUT2D eigenvalue weighted by Crippen LogP contribution is -2.00. The average Bonchev–Trinajstić information content (AvgIpc) is 2.73. The maximum atomic E-state index is 10.8. The average molecular weight is 247 g/mol. The minimum atomic E-state index is -0.902. The van der Waals surface area contributed by atoms with Crippen LogP contribution in [0.4, 0.5) is 5.69 Å². The molecule has 0 unspecified atom stereocenters. The fourth-order valence-electron chi connectivity index (χ4n) is 1.53. The number of hydrogen-bond acceptors (Lipinski definition) is 3. The molecule has 0 atom stereocenters. The van der Waals surface area contributed by atoms with Gasteiger partial charge in [0.15, 0.2) is 0 Å². The fourth-order valence-corrected chi connectivity index (χ4v) is 2.36. The Labute approximate surface area is 104 Å². The molecule has 1 aromatic carbocycles. The number of aryl methyl sites for hydroxylation is 1. The van der Waals surface area contributed by atoms with Crippen LogP contribution in [0.25, 0.3) is 0 Å². The Kier molecular flexibility index (Phi) is 3.44. The van der Waals surface area contributed by atoms with Crippen molar-refractivity contribution in [2.75, 3.05) is 5.32 Å². The summed E-state index contributed by atoms with van der Waals surface area (Å²) in [5.74, 6) is -0.902. The minimum absolute atomic E-state index is 0.303. The van der Waals surface area contributed by atoms with E-state index in [4.69, 9.17) is 5.11 Å². The van der Waals surface area contributed by atoms with Gasteiger partial charge in [-0.3, -0.25) is 0 Å². The number of carboxylic acid groups (broad SMARTS) is 1. The number of rotatable bonds is 4. The molecule has 0 aliphatic heterocycles. The third-order valence-corrected chi connectivity index (χ3v) is 3.37. The van der Waals surface area contributed by atoms with E-state index in [1.807, 2.05) is 6.07 Å². The highest BCUT2D eigenvalue weighted by Crippen LogP contribution is 2.17. The Morgan fingerprint density at radius 2 is 2.18 bits per heavy atom. The van der Waals surface area contributed by atoms with Crippen LogP contribution in [0.3, 0.4) is 0 Å². The van der Waals surface area contributed by atoms with Gasteiger partial charge in [-0.1, -0.05) is 6.07 Å². The largest absolute Gasteiger partial charge is 0.478 e. The van der Waals surface area contributed by atoms with Crippen molar-refractivity contribution in [3.8, 4) is 0 Å². The number of benzene rings is 1. The van der Waals surface area contributed by atoms with Gasteiger partial charge in [0.25, 0.3) is 0 Å². The van der Waals surface area contributed by atoms with Gasteiger partial charge < -0.3 is 10.4 Å². The number of thiophene rings is 1. The van der Waals surface area contributed by atoms with E-state index < -0.39 is 5.97 Å². The molecule has 0 aliphatic carbocycles. The normalized spacial score (nSPS) is 10.2. The molecule has 1 heterocycles. The first-order valence-corrected chi connectivity index (χ1v) is 6.09. The standard InChI is InChI=1S/C13H13NO2S/c1-9-5-6-12(17-9)8-14-11-4-2-3-10(7-11)13(15)16/h2-7,14H,8H2,1H3,(H,15,16). The summed E-state index contributed by atoms with van der Waals surface area (Å²) in [6, 6.07) is 11.0. The van der Waals surface area contributed by atoms with Crippen molar-refractivity contribution >= 4 is 23.0 Å². The maximum Gasteiger partial charge on any atom is 0.335 e. The van der Waals surface area contributed by atoms with Crippen LogP contribution in [0.1, 0.15) is 20.1 Å². The van der Waals surface area contributed by atoms with Gasteiger partial charge in [-0.15, -0.1) is 11.3 Å². The number of anilines is 1. The number of carbonyl (C=O) groups is 1. The van der Waals surface area contributed by atoms with Crippen molar-refractivity contribution < 1.29 is 9.90 Å². The Morgan fingerprint density at radius 1 is 1.35 bits per heavy atom. The highest BCUT2D eigenvalue weighted by Gasteiger charge is 2.03. The summed E-state index contributed by atoms with van der Waals surface area (Å²) in [5, 5.41) is 12.1. The van der Waals surface area contributed by atoms with Crippen molar-refractivity contribution in [2.24, 2.45) is 0 Å². The number of hydrogen-bond donors (Lipinski definition) is 2. The van der Waals surface area contributed by atoms with Crippen LogP contribution in [0.5, 0.6) is 0 Å². The Bertz CT molecular complexity index is 534. The van der Waals surface area contributed by atoms with Crippen LogP contribution in [0.15, 0.2) is 36.4 Å². The summed E-state index contributed by atoms with van der Waals surface area (Å²) in [6.07, 6.45) is 0. The molecule has 17 heavy (non-hydrogen) atoms. The first kappa shape index (κ1) is 11.7. The molecule has 0 amide bonds. The monoisotopic (exact) mass is 247 g/mol. The van der Waals surface area contributed by atoms with Crippen molar-refractivity contribution in [3.05, 3.63) is 51.7 Å². The quantitative estimate of drug-likeness (QED) is 0.871. The predicted molar refractivity (Wildman–Crippen MR) is 69.8 cm³/mol. The maximum absolute atomic E-state index is 10.8. The molecule has 4 heteroatoms. The Hall–Kier alpha value is -1.81. The second-order valence-corrected chi connectivity index (χ2v) is 5.12. The third kappa shape index (κ3) is 3.07. The van der Waals surface area contributed by atoms with Crippen LogP contribution >= 0.6 is 11.3 Å². The molecule has 2 aromatic rings. The topological polar surface area (TPSA) is 49.3 Å². The SMILES string of the molecule is Cc1ccc(CNc2cccc(C(=O)O)c2)s1. The van der Waals surface area contributed by atoms with Crippen LogP contribution in [0, 0.1) is 6.92 Å². The van der Waals surface area contributed by atoms with Gasteiger partial charge in [0.1, 0.15) is 0 Å². The van der Waals surface area contributed by atoms with Crippen LogP contribution in [-0.2, 0) is 6.54 Å². The van der Waals surface area contributed by atoms with E-state index in [1.165, 1.54) is 9.75 Å². The second-order valence-electron chi connectivity index (χ2n) is 3.75. The molecule has 0 radical (unpaired) electrons. The van der Waals surface area contributed by atoms with Gasteiger partial charge in [0, 0.05) is 22.0 Å². The molecular formula is C13H13NO2S. The second kappa shape index (κ2) is 5.01. The molecule has 2 rings (SSSR count). The number of carboxylic acids is 1. The highest BCUT2D eigenvalue weighted by atomic mass is 32.1. The molecule has 0 bridgehead atoms. The van der Waals surface area contributed by atoms with Crippen molar-refractivity contribution in [3.63, 3.8) is 0 Å². The van der Waals surface area contributed by atoms with Gasteiger partial charge in [-0.05, 0) is 37.3 Å². The van der Waals surface area contributed by atoms with Crippen LogP contribution in [-0.4, -0.2) is 11.1 Å².